The maximum atomic E-state index is 12.2. The van der Waals surface area contributed by atoms with Gasteiger partial charge >= 0.3 is 0 Å². The van der Waals surface area contributed by atoms with Crippen LogP contribution in [0.1, 0.15) is 25.1 Å². The van der Waals surface area contributed by atoms with E-state index >= 15 is 0 Å². The maximum absolute atomic E-state index is 12.2. The van der Waals surface area contributed by atoms with E-state index in [0.29, 0.717) is 12.1 Å². The van der Waals surface area contributed by atoms with Gasteiger partial charge in [-0.2, -0.15) is 0 Å². The van der Waals surface area contributed by atoms with E-state index in [9.17, 15) is 13.5 Å². The first-order valence-electron chi connectivity index (χ1n) is 6.49. The van der Waals surface area contributed by atoms with Crippen LogP contribution in [0.3, 0.4) is 0 Å². The number of nitrogens with zero attached hydrogens (tertiary/aromatic N) is 3. The number of sulfone groups is 1. The average molecular weight is 374 g/mol. The van der Waals surface area contributed by atoms with E-state index in [2.05, 4.69) is 26.2 Å². The van der Waals surface area contributed by atoms with Gasteiger partial charge in [-0.3, -0.25) is 4.68 Å². The number of aryl methyl sites for hydroxylation is 1. The van der Waals surface area contributed by atoms with Gasteiger partial charge < -0.3 is 5.11 Å². The van der Waals surface area contributed by atoms with Gasteiger partial charge in [0.2, 0.25) is 0 Å². The van der Waals surface area contributed by atoms with Crippen LogP contribution in [-0.2, 0) is 16.4 Å². The molecule has 0 bridgehead atoms. The zero-order valence-corrected chi connectivity index (χ0v) is 13.9. The molecule has 0 spiro atoms. The van der Waals surface area contributed by atoms with Crippen LogP contribution in [0.5, 0.6) is 0 Å². The third-order valence-corrected chi connectivity index (χ3v) is 5.29. The number of aliphatic hydroxyl groups excluding tert-OH is 1. The molecule has 21 heavy (non-hydrogen) atoms. The van der Waals surface area contributed by atoms with Gasteiger partial charge in [0.15, 0.2) is 9.84 Å². The van der Waals surface area contributed by atoms with Crippen LogP contribution < -0.4 is 0 Å². The summed E-state index contributed by atoms with van der Waals surface area (Å²) >= 11 is 3.27. The lowest BCUT2D eigenvalue weighted by atomic mass is 10.2. The second-order valence-corrected chi connectivity index (χ2v) is 7.63. The normalized spacial score (nSPS) is 13.3. The number of benzene rings is 1. The fourth-order valence-electron chi connectivity index (χ4n) is 1.76. The minimum absolute atomic E-state index is 0.0698. The van der Waals surface area contributed by atoms with Crippen LogP contribution in [0.25, 0.3) is 0 Å². The molecule has 0 aliphatic carbocycles. The van der Waals surface area contributed by atoms with E-state index in [0.717, 1.165) is 4.47 Å². The molecule has 0 aliphatic rings. The van der Waals surface area contributed by atoms with Crippen LogP contribution in [0.4, 0.5) is 0 Å². The van der Waals surface area contributed by atoms with Crippen molar-refractivity contribution in [1.82, 2.24) is 15.0 Å². The Morgan fingerprint density at radius 1 is 1.33 bits per heavy atom. The van der Waals surface area contributed by atoms with Crippen molar-refractivity contribution in [1.29, 1.82) is 0 Å². The number of aliphatic hydroxyl groups is 1. The van der Waals surface area contributed by atoms with Crippen LogP contribution in [0.2, 0.25) is 0 Å². The first-order valence-corrected chi connectivity index (χ1v) is 8.93. The molecule has 0 saturated carbocycles. The Hall–Kier alpha value is -1.25. The summed E-state index contributed by atoms with van der Waals surface area (Å²) in [6.45, 7) is 2.03. The molecule has 114 valence electrons. The van der Waals surface area contributed by atoms with Crippen LogP contribution >= 0.6 is 15.9 Å². The molecular weight excluding hydrogens is 358 g/mol. The SMILES string of the molecule is CCC(O)c1cn(CCS(=O)(=O)c2ccc(Br)cc2)nn1. The van der Waals surface area contributed by atoms with Crippen LogP contribution in [0, 0.1) is 0 Å². The molecule has 1 unspecified atom stereocenters. The summed E-state index contributed by atoms with van der Waals surface area (Å²) in [5.41, 5.74) is 0.457. The molecule has 6 nitrogen and oxygen atoms in total. The van der Waals surface area contributed by atoms with E-state index in [1.165, 1.54) is 4.68 Å². The summed E-state index contributed by atoms with van der Waals surface area (Å²) in [4.78, 5) is 0.277. The molecule has 0 aliphatic heterocycles. The molecule has 0 saturated heterocycles. The molecule has 1 N–H and O–H groups in total. The van der Waals surface area contributed by atoms with Gasteiger partial charge in [-0.15, -0.1) is 5.10 Å². The van der Waals surface area contributed by atoms with E-state index < -0.39 is 15.9 Å². The van der Waals surface area contributed by atoms with E-state index in [-0.39, 0.29) is 17.2 Å². The average Bonchev–Trinajstić information content (AvgIpc) is 2.94. The number of hydrogen-bond donors (Lipinski definition) is 1. The molecule has 1 aromatic heterocycles. The topological polar surface area (TPSA) is 85.1 Å². The van der Waals surface area contributed by atoms with Gasteiger partial charge in [0.1, 0.15) is 5.69 Å². The first kappa shape index (κ1) is 16.1. The molecule has 2 rings (SSSR count). The molecule has 0 radical (unpaired) electrons. The van der Waals surface area contributed by atoms with Gasteiger partial charge in [0.25, 0.3) is 0 Å². The van der Waals surface area contributed by atoms with Crippen molar-refractivity contribution >= 4 is 25.8 Å². The number of rotatable bonds is 6. The number of halogens is 1. The number of hydrogen-bond acceptors (Lipinski definition) is 5. The fourth-order valence-corrected chi connectivity index (χ4v) is 3.24. The summed E-state index contributed by atoms with van der Waals surface area (Å²) in [6.07, 6.45) is 1.45. The Morgan fingerprint density at radius 3 is 2.62 bits per heavy atom. The molecule has 1 heterocycles. The Bertz CT molecular complexity index is 698. The molecule has 2 aromatic rings. The zero-order chi connectivity index (χ0) is 15.5. The maximum Gasteiger partial charge on any atom is 0.180 e. The quantitative estimate of drug-likeness (QED) is 0.836. The predicted octanol–water partition coefficient (Wildman–Crippen LogP) is 1.96. The Labute approximate surface area is 131 Å². The summed E-state index contributed by atoms with van der Waals surface area (Å²) in [5, 5.41) is 17.3. The van der Waals surface area contributed by atoms with Crippen molar-refractivity contribution in [2.45, 2.75) is 30.9 Å². The Balaban J connectivity index is 2.05. The summed E-state index contributed by atoms with van der Waals surface area (Å²) in [6, 6.07) is 6.51. The minimum atomic E-state index is -3.36. The van der Waals surface area contributed by atoms with Crippen LogP contribution in [0.15, 0.2) is 39.8 Å². The highest BCUT2D eigenvalue weighted by atomic mass is 79.9. The van der Waals surface area contributed by atoms with Crippen molar-refractivity contribution in [2.75, 3.05) is 5.75 Å². The molecule has 0 amide bonds. The smallest absolute Gasteiger partial charge is 0.180 e. The Kier molecular flexibility index (Phi) is 5.13. The highest BCUT2D eigenvalue weighted by molar-refractivity contribution is 9.10. The van der Waals surface area contributed by atoms with E-state index in [1.54, 1.807) is 30.5 Å². The predicted molar refractivity (Wildman–Crippen MR) is 81.5 cm³/mol. The largest absolute Gasteiger partial charge is 0.387 e. The van der Waals surface area contributed by atoms with Crippen molar-refractivity contribution in [3.8, 4) is 0 Å². The first-order chi connectivity index (χ1) is 9.92. The van der Waals surface area contributed by atoms with Crippen LogP contribution in [-0.4, -0.2) is 34.3 Å². The Morgan fingerprint density at radius 2 is 2.00 bits per heavy atom. The lowest BCUT2D eigenvalue weighted by Crippen LogP contribution is -2.13. The minimum Gasteiger partial charge on any atom is -0.387 e. The number of aromatic nitrogens is 3. The lowest BCUT2D eigenvalue weighted by molar-refractivity contribution is 0.168. The molecule has 8 heteroatoms. The highest BCUT2D eigenvalue weighted by Gasteiger charge is 2.16. The van der Waals surface area contributed by atoms with Gasteiger partial charge in [-0.05, 0) is 30.7 Å². The van der Waals surface area contributed by atoms with E-state index in [1.807, 2.05) is 6.92 Å². The third kappa shape index (κ3) is 4.12. The third-order valence-electron chi connectivity index (χ3n) is 3.05. The lowest BCUT2D eigenvalue weighted by Gasteiger charge is -2.04. The standard InChI is InChI=1S/C13H16BrN3O3S/c1-2-13(18)12-9-17(16-15-12)7-8-21(19,20)11-5-3-10(14)4-6-11/h3-6,9,13,18H,2,7-8H2,1H3. The molecular formula is C13H16BrN3O3S. The summed E-state index contributed by atoms with van der Waals surface area (Å²) < 4.78 is 26.6. The van der Waals surface area contributed by atoms with Crippen molar-refractivity contribution < 1.29 is 13.5 Å². The zero-order valence-electron chi connectivity index (χ0n) is 11.5. The summed E-state index contributed by atoms with van der Waals surface area (Å²) in [5.74, 6) is -0.0698. The van der Waals surface area contributed by atoms with Gasteiger partial charge in [-0.1, -0.05) is 28.1 Å². The fraction of sp³-hybridized carbons (Fsp3) is 0.385. The highest BCUT2D eigenvalue weighted by Crippen LogP contribution is 2.16. The molecule has 1 atom stereocenters. The monoisotopic (exact) mass is 373 g/mol. The summed E-state index contributed by atoms with van der Waals surface area (Å²) in [7, 11) is -3.36. The van der Waals surface area contributed by atoms with Crippen molar-refractivity contribution in [3.63, 3.8) is 0 Å². The molecule has 0 fully saturated rings. The van der Waals surface area contributed by atoms with Gasteiger partial charge in [0, 0.05) is 4.47 Å². The second kappa shape index (κ2) is 6.67. The van der Waals surface area contributed by atoms with Crippen molar-refractivity contribution in [3.05, 3.63) is 40.6 Å². The van der Waals surface area contributed by atoms with Crippen molar-refractivity contribution in [2.24, 2.45) is 0 Å². The van der Waals surface area contributed by atoms with Gasteiger partial charge in [0.05, 0.1) is 29.5 Å². The molecule has 1 aromatic carbocycles. The second-order valence-electron chi connectivity index (χ2n) is 4.60. The van der Waals surface area contributed by atoms with Gasteiger partial charge in [-0.25, -0.2) is 8.42 Å². The van der Waals surface area contributed by atoms with E-state index in [4.69, 9.17) is 0 Å².